The molecule has 0 bridgehead atoms. The molecule has 0 aliphatic heterocycles. The molecule has 104 valence electrons. The first-order chi connectivity index (χ1) is 9.56. The number of para-hydroxylation sites is 1. The summed E-state index contributed by atoms with van der Waals surface area (Å²) in [7, 11) is 0. The Morgan fingerprint density at radius 3 is 2.50 bits per heavy atom. The van der Waals surface area contributed by atoms with Crippen LogP contribution < -0.4 is 5.43 Å². The molecular weight excluding hydrogens is 288 g/mol. The normalized spacial score (nSPS) is 10.6. The van der Waals surface area contributed by atoms with Crippen LogP contribution in [0.15, 0.2) is 40.2 Å². The monoisotopic (exact) mass is 304 g/mol. The van der Waals surface area contributed by atoms with Gasteiger partial charge in [0, 0.05) is 16.9 Å². The first-order valence-electron chi connectivity index (χ1n) is 6.39. The molecular formula is C15H16N2OS2. The van der Waals surface area contributed by atoms with Crippen molar-refractivity contribution in [3.63, 3.8) is 0 Å². The molecule has 0 aliphatic carbocycles. The molecule has 3 nitrogen and oxygen atoms in total. The molecule has 0 unspecified atom stereocenters. The minimum atomic E-state index is -0.0323. The number of aromatic nitrogens is 2. The summed E-state index contributed by atoms with van der Waals surface area (Å²) in [5.41, 5.74) is 2.42. The zero-order valence-electron chi connectivity index (χ0n) is 11.7. The minimum Gasteiger partial charge on any atom is -0.289 e. The molecule has 0 fully saturated rings. The van der Waals surface area contributed by atoms with Crippen LogP contribution in [0.5, 0.6) is 0 Å². The van der Waals surface area contributed by atoms with Crippen LogP contribution >= 0.6 is 24.0 Å². The highest BCUT2D eigenvalue weighted by Crippen LogP contribution is 2.15. The lowest BCUT2D eigenvalue weighted by atomic mass is 10.2. The zero-order chi connectivity index (χ0) is 14.7. The van der Waals surface area contributed by atoms with E-state index in [1.54, 1.807) is 0 Å². The molecule has 0 saturated carbocycles. The van der Waals surface area contributed by atoms with Crippen LogP contribution in [0.1, 0.15) is 18.2 Å². The summed E-state index contributed by atoms with van der Waals surface area (Å²) in [5, 5.41) is 0.479. The average molecular weight is 304 g/mol. The second-order valence-electron chi connectivity index (χ2n) is 4.34. The summed E-state index contributed by atoms with van der Waals surface area (Å²) < 4.78 is 2.26. The molecule has 0 saturated heterocycles. The van der Waals surface area contributed by atoms with Gasteiger partial charge in [-0.05, 0) is 44.0 Å². The van der Waals surface area contributed by atoms with Crippen molar-refractivity contribution < 1.29 is 0 Å². The third kappa shape index (κ3) is 2.83. The van der Waals surface area contributed by atoms with Crippen LogP contribution in [-0.2, 0) is 0 Å². The summed E-state index contributed by atoms with van der Waals surface area (Å²) in [6.07, 6.45) is 0. The Labute approximate surface area is 127 Å². The van der Waals surface area contributed by atoms with Gasteiger partial charge in [-0.25, -0.2) is 4.98 Å². The highest BCUT2D eigenvalue weighted by Gasteiger charge is 2.10. The first-order valence-corrected chi connectivity index (χ1v) is 7.78. The van der Waals surface area contributed by atoms with Gasteiger partial charge in [0.1, 0.15) is 5.03 Å². The highest BCUT2D eigenvalue weighted by molar-refractivity contribution is 7.99. The van der Waals surface area contributed by atoms with Crippen LogP contribution in [0.2, 0.25) is 0 Å². The summed E-state index contributed by atoms with van der Waals surface area (Å²) in [4.78, 5) is 16.7. The fourth-order valence-electron chi connectivity index (χ4n) is 1.94. The summed E-state index contributed by atoms with van der Waals surface area (Å²) in [5.74, 6) is 0.796. The van der Waals surface area contributed by atoms with E-state index in [0.29, 0.717) is 15.4 Å². The van der Waals surface area contributed by atoms with E-state index in [-0.39, 0.29) is 5.43 Å². The van der Waals surface area contributed by atoms with Crippen molar-refractivity contribution in [3.05, 3.63) is 56.6 Å². The van der Waals surface area contributed by atoms with Gasteiger partial charge < -0.3 is 0 Å². The number of hydrogen-bond donors (Lipinski definition) is 0. The standard InChI is InChI=1S/C15H16N2OS2/c1-4-20-14-13(18)10(2)11(3)17(15(19)16-14)12-8-6-5-7-9-12/h5-9H,4H2,1-3H3. The van der Waals surface area contributed by atoms with Crippen LogP contribution in [0.4, 0.5) is 0 Å². The van der Waals surface area contributed by atoms with Gasteiger partial charge >= 0.3 is 0 Å². The number of rotatable bonds is 3. The SMILES string of the molecule is CCSc1nc(=S)n(-c2ccccc2)c(C)c(C)c1=O. The van der Waals surface area contributed by atoms with Crippen molar-refractivity contribution in [2.45, 2.75) is 25.8 Å². The van der Waals surface area contributed by atoms with Gasteiger partial charge in [0.15, 0.2) is 0 Å². The molecule has 2 aromatic rings. The Hall–Kier alpha value is -1.46. The van der Waals surface area contributed by atoms with Crippen LogP contribution in [0, 0.1) is 18.6 Å². The number of nitrogens with zero attached hydrogens (tertiary/aromatic N) is 2. The Morgan fingerprint density at radius 2 is 1.90 bits per heavy atom. The fraction of sp³-hybridized carbons (Fsp3) is 0.267. The Morgan fingerprint density at radius 1 is 1.25 bits per heavy atom. The van der Waals surface area contributed by atoms with Gasteiger partial charge in [0.25, 0.3) is 0 Å². The Kier molecular flexibility index (Phi) is 4.73. The highest BCUT2D eigenvalue weighted by atomic mass is 32.2. The quantitative estimate of drug-likeness (QED) is 0.640. The molecule has 0 atom stereocenters. The second-order valence-corrected chi connectivity index (χ2v) is 5.96. The van der Waals surface area contributed by atoms with E-state index in [9.17, 15) is 4.79 Å². The minimum absolute atomic E-state index is 0.0323. The van der Waals surface area contributed by atoms with Crippen molar-refractivity contribution in [3.8, 4) is 5.69 Å². The Balaban J connectivity index is 2.85. The maximum absolute atomic E-state index is 12.4. The summed E-state index contributed by atoms with van der Waals surface area (Å²) in [6.45, 7) is 5.73. The molecule has 0 amide bonds. The Bertz CT molecular complexity index is 739. The van der Waals surface area contributed by atoms with E-state index in [4.69, 9.17) is 12.2 Å². The lowest BCUT2D eigenvalue weighted by Gasteiger charge is -2.08. The molecule has 0 aliphatic rings. The van der Waals surface area contributed by atoms with Gasteiger partial charge in [0.05, 0.1) is 0 Å². The van der Waals surface area contributed by atoms with Gasteiger partial charge in [0.2, 0.25) is 10.2 Å². The molecule has 0 spiro atoms. The van der Waals surface area contributed by atoms with Crippen LogP contribution in [0.3, 0.4) is 0 Å². The van der Waals surface area contributed by atoms with Gasteiger partial charge in [-0.15, -0.1) is 11.8 Å². The maximum Gasteiger partial charge on any atom is 0.215 e. The smallest absolute Gasteiger partial charge is 0.215 e. The van der Waals surface area contributed by atoms with E-state index < -0.39 is 0 Å². The van der Waals surface area contributed by atoms with Gasteiger partial charge in [-0.2, -0.15) is 0 Å². The predicted molar refractivity (Wildman–Crippen MR) is 86.5 cm³/mol. The molecule has 20 heavy (non-hydrogen) atoms. The third-order valence-corrected chi connectivity index (χ3v) is 4.21. The molecule has 2 rings (SSSR count). The fourth-order valence-corrected chi connectivity index (χ4v) is 3.04. The molecule has 0 radical (unpaired) electrons. The zero-order valence-corrected chi connectivity index (χ0v) is 13.3. The van der Waals surface area contributed by atoms with E-state index in [1.165, 1.54) is 11.8 Å². The maximum atomic E-state index is 12.4. The van der Waals surface area contributed by atoms with Crippen molar-refractivity contribution >= 4 is 24.0 Å². The number of thioether (sulfide) groups is 1. The lowest BCUT2D eigenvalue weighted by molar-refractivity contribution is 0.914. The number of hydrogen-bond acceptors (Lipinski definition) is 4. The molecule has 1 aromatic heterocycles. The van der Waals surface area contributed by atoms with Crippen molar-refractivity contribution in [2.75, 3.05) is 5.75 Å². The van der Waals surface area contributed by atoms with Crippen molar-refractivity contribution in [1.82, 2.24) is 9.55 Å². The molecule has 0 N–H and O–H groups in total. The summed E-state index contributed by atoms with van der Waals surface area (Å²) >= 11 is 6.84. The van der Waals surface area contributed by atoms with Crippen molar-refractivity contribution in [2.24, 2.45) is 0 Å². The van der Waals surface area contributed by atoms with Gasteiger partial charge in [-0.1, -0.05) is 25.1 Å². The largest absolute Gasteiger partial charge is 0.289 e. The van der Waals surface area contributed by atoms with Gasteiger partial charge in [-0.3, -0.25) is 9.36 Å². The number of benzene rings is 1. The molecule has 1 aromatic carbocycles. The lowest BCUT2D eigenvalue weighted by Crippen LogP contribution is -2.08. The van der Waals surface area contributed by atoms with E-state index >= 15 is 0 Å². The summed E-state index contributed by atoms with van der Waals surface area (Å²) in [6, 6.07) is 9.75. The van der Waals surface area contributed by atoms with E-state index in [0.717, 1.165) is 17.1 Å². The van der Waals surface area contributed by atoms with Crippen LogP contribution in [0.25, 0.3) is 5.69 Å². The second kappa shape index (κ2) is 6.33. The topological polar surface area (TPSA) is 34.9 Å². The average Bonchev–Trinajstić information content (AvgIpc) is 2.52. The van der Waals surface area contributed by atoms with Crippen molar-refractivity contribution in [1.29, 1.82) is 0 Å². The van der Waals surface area contributed by atoms with E-state index in [1.807, 2.05) is 55.7 Å². The van der Waals surface area contributed by atoms with Crippen LogP contribution in [-0.4, -0.2) is 15.3 Å². The predicted octanol–water partition coefficient (Wildman–Crippen LogP) is 3.69. The third-order valence-electron chi connectivity index (χ3n) is 3.10. The molecule has 1 heterocycles. The van der Waals surface area contributed by atoms with E-state index in [2.05, 4.69) is 4.98 Å². The first kappa shape index (κ1) is 14.9. The molecule has 5 heteroatoms.